The molecule has 3 heteroatoms. The smallest absolute Gasteiger partial charge is 0.403 e. The maximum absolute atomic E-state index is 6.07. The largest absolute Gasteiger partial charge is 0.461 e. The SMILES string of the molecule is CC1(C)OB(C2CC3(CC3)C2)OC1(C)C. The van der Waals surface area contributed by atoms with Gasteiger partial charge >= 0.3 is 7.12 Å². The molecule has 0 aromatic rings. The average Bonchev–Trinajstić information content (AvgIpc) is 2.73. The molecular weight excluding hydrogens is 187 g/mol. The summed E-state index contributed by atoms with van der Waals surface area (Å²) in [6, 6.07) is 0. The first-order chi connectivity index (χ1) is 6.84. The van der Waals surface area contributed by atoms with E-state index in [0.717, 1.165) is 5.41 Å². The first-order valence-electron chi connectivity index (χ1n) is 6.19. The Bertz CT molecular complexity index is 270. The van der Waals surface area contributed by atoms with E-state index in [1.165, 1.54) is 25.7 Å². The summed E-state index contributed by atoms with van der Waals surface area (Å²) in [4.78, 5) is 0. The van der Waals surface area contributed by atoms with E-state index in [4.69, 9.17) is 9.31 Å². The summed E-state index contributed by atoms with van der Waals surface area (Å²) in [5.74, 6) is 0.661. The number of hydrogen-bond donors (Lipinski definition) is 0. The highest BCUT2D eigenvalue weighted by Crippen LogP contribution is 2.67. The van der Waals surface area contributed by atoms with Crippen LogP contribution in [0.15, 0.2) is 0 Å². The molecule has 0 aromatic carbocycles. The normalized spacial score (nSPS) is 35.6. The zero-order chi connectivity index (χ0) is 10.9. The highest BCUT2D eigenvalue weighted by Gasteiger charge is 2.62. The molecule has 1 saturated heterocycles. The molecule has 2 aliphatic carbocycles. The quantitative estimate of drug-likeness (QED) is 0.616. The molecule has 1 aliphatic heterocycles. The van der Waals surface area contributed by atoms with E-state index >= 15 is 0 Å². The van der Waals surface area contributed by atoms with Gasteiger partial charge in [-0.1, -0.05) is 0 Å². The molecule has 1 heterocycles. The molecule has 0 atom stereocenters. The van der Waals surface area contributed by atoms with E-state index in [2.05, 4.69) is 27.7 Å². The van der Waals surface area contributed by atoms with Crippen molar-refractivity contribution in [3.63, 3.8) is 0 Å². The Kier molecular flexibility index (Phi) is 1.78. The summed E-state index contributed by atoms with van der Waals surface area (Å²) in [5, 5.41) is 0. The van der Waals surface area contributed by atoms with Gasteiger partial charge < -0.3 is 9.31 Å². The molecule has 15 heavy (non-hydrogen) atoms. The summed E-state index contributed by atoms with van der Waals surface area (Å²) in [7, 11) is 0.0567. The molecule has 3 fully saturated rings. The Labute approximate surface area is 92.9 Å². The lowest BCUT2D eigenvalue weighted by atomic mass is 9.54. The van der Waals surface area contributed by atoms with Crippen LogP contribution < -0.4 is 0 Å². The zero-order valence-electron chi connectivity index (χ0n) is 10.3. The van der Waals surface area contributed by atoms with Crippen molar-refractivity contribution in [1.82, 2.24) is 0 Å². The van der Waals surface area contributed by atoms with Crippen molar-refractivity contribution in [2.24, 2.45) is 5.41 Å². The summed E-state index contributed by atoms with van der Waals surface area (Å²) in [6.07, 6.45) is 5.57. The Hall–Kier alpha value is -0.0151. The Morgan fingerprint density at radius 1 is 0.933 bits per heavy atom. The van der Waals surface area contributed by atoms with Gasteiger partial charge in [-0.2, -0.15) is 0 Å². The summed E-state index contributed by atoms with van der Waals surface area (Å²) in [6.45, 7) is 8.55. The van der Waals surface area contributed by atoms with Gasteiger partial charge in [0.25, 0.3) is 0 Å². The van der Waals surface area contributed by atoms with Crippen LogP contribution in [-0.2, 0) is 9.31 Å². The van der Waals surface area contributed by atoms with Gasteiger partial charge in [0.1, 0.15) is 0 Å². The summed E-state index contributed by atoms with van der Waals surface area (Å²) >= 11 is 0. The third-order valence-electron chi connectivity index (χ3n) is 5.00. The first kappa shape index (κ1) is 10.2. The molecule has 0 aromatic heterocycles. The minimum Gasteiger partial charge on any atom is -0.403 e. The van der Waals surface area contributed by atoms with Gasteiger partial charge in [0.05, 0.1) is 11.2 Å². The fourth-order valence-electron chi connectivity index (χ4n) is 2.91. The first-order valence-corrected chi connectivity index (χ1v) is 6.19. The monoisotopic (exact) mass is 208 g/mol. The molecule has 0 amide bonds. The van der Waals surface area contributed by atoms with Crippen LogP contribution in [0.1, 0.15) is 53.4 Å². The maximum Gasteiger partial charge on any atom is 0.461 e. The van der Waals surface area contributed by atoms with Crippen LogP contribution in [0, 0.1) is 5.41 Å². The lowest BCUT2D eigenvalue weighted by molar-refractivity contribution is 0.00578. The van der Waals surface area contributed by atoms with Crippen molar-refractivity contribution in [2.45, 2.75) is 70.4 Å². The van der Waals surface area contributed by atoms with Crippen LogP contribution in [0.25, 0.3) is 0 Å². The second kappa shape index (κ2) is 2.62. The molecule has 0 bridgehead atoms. The summed E-state index contributed by atoms with van der Waals surface area (Å²) < 4.78 is 12.1. The fourth-order valence-corrected chi connectivity index (χ4v) is 2.91. The highest BCUT2D eigenvalue weighted by molar-refractivity contribution is 6.47. The van der Waals surface area contributed by atoms with Gasteiger partial charge in [-0.3, -0.25) is 0 Å². The van der Waals surface area contributed by atoms with Gasteiger partial charge in [0.2, 0.25) is 0 Å². The van der Waals surface area contributed by atoms with E-state index in [9.17, 15) is 0 Å². The third kappa shape index (κ3) is 1.39. The van der Waals surface area contributed by atoms with E-state index in [-0.39, 0.29) is 18.3 Å². The highest BCUT2D eigenvalue weighted by atomic mass is 16.7. The molecule has 0 radical (unpaired) electrons. The molecule has 1 spiro atoms. The van der Waals surface area contributed by atoms with Gasteiger partial charge in [-0.15, -0.1) is 0 Å². The van der Waals surface area contributed by atoms with Gasteiger partial charge in [-0.25, -0.2) is 0 Å². The topological polar surface area (TPSA) is 18.5 Å². The van der Waals surface area contributed by atoms with Gasteiger partial charge in [0.15, 0.2) is 0 Å². The molecular formula is C12H21BO2. The van der Waals surface area contributed by atoms with Crippen LogP contribution in [0.3, 0.4) is 0 Å². The standard InChI is InChI=1S/C12H21BO2/c1-10(2)11(3,4)15-13(14-10)9-7-12(8-9)5-6-12/h9H,5-8H2,1-4H3. The van der Waals surface area contributed by atoms with Crippen molar-refractivity contribution < 1.29 is 9.31 Å². The second-order valence-corrected chi connectivity index (χ2v) is 6.79. The fraction of sp³-hybridized carbons (Fsp3) is 1.00. The van der Waals surface area contributed by atoms with Crippen molar-refractivity contribution in [1.29, 1.82) is 0 Å². The lowest BCUT2D eigenvalue weighted by Gasteiger charge is -2.36. The van der Waals surface area contributed by atoms with Crippen LogP contribution in [0.2, 0.25) is 5.82 Å². The van der Waals surface area contributed by atoms with Crippen LogP contribution in [-0.4, -0.2) is 18.3 Å². The molecule has 2 saturated carbocycles. The predicted octanol–water partition coefficient (Wildman–Crippen LogP) is 3.02. The lowest BCUT2D eigenvalue weighted by Crippen LogP contribution is -2.41. The molecule has 2 nitrogen and oxygen atoms in total. The minimum atomic E-state index is -0.149. The molecule has 0 unspecified atom stereocenters. The van der Waals surface area contributed by atoms with Crippen molar-refractivity contribution in [2.75, 3.05) is 0 Å². The minimum absolute atomic E-state index is 0.0567. The van der Waals surface area contributed by atoms with E-state index in [0.29, 0.717) is 5.82 Å². The van der Waals surface area contributed by atoms with Gasteiger partial charge in [-0.05, 0) is 64.6 Å². The van der Waals surface area contributed by atoms with Gasteiger partial charge in [0, 0.05) is 0 Å². The van der Waals surface area contributed by atoms with E-state index in [1.807, 2.05) is 0 Å². The Balaban J connectivity index is 1.66. The van der Waals surface area contributed by atoms with Crippen LogP contribution in [0.4, 0.5) is 0 Å². The molecule has 0 N–H and O–H groups in total. The zero-order valence-corrected chi connectivity index (χ0v) is 10.3. The van der Waals surface area contributed by atoms with E-state index < -0.39 is 0 Å². The predicted molar refractivity (Wildman–Crippen MR) is 60.7 cm³/mol. The summed E-state index contributed by atoms with van der Waals surface area (Å²) in [5.41, 5.74) is 0.447. The third-order valence-corrected chi connectivity index (χ3v) is 5.00. The van der Waals surface area contributed by atoms with Crippen molar-refractivity contribution in [3.8, 4) is 0 Å². The number of rotatable bonds is 1. The van der Waals surface area contributed by atoms with E-state index in [1.54, 1.807) is 0 Å². The number of hydrogen-bond acceptors (Lipinski definition) is 2. The Morgan fingerprint density at radius 2 is 1.40 bits per heavy atom. The average molecular weight is 208 g/mol. The maximum atomic E-state index is 6.07. The molecule has 84 valence electrons. The van der Waals surface area contributed by atoms with Crippen molar-refractivity contribution >= 4 is 7.12 Å². The Morgan fingerprint density at radius 3 is 1.80 bits per heavy atom. The van der Waals surface area contributed by atoms with Crippen LogP contribution >= 0.6 is 0 Å². The van der Waals surface area contributed by atoms with Crippen molar-refractivity contribution in [3.05, 3.63) is 0 Å². The van der Waals surface area contributed by atoms with Crippen LogP contribution in [0.5, 0.6) is 0 Å². The molecule has 3 aliphatic rings. The second-order valence-electron chi connectivity index (χ2n) is 6.79. The molecule has 3 rings (SSSR count).